The molecule has 0 radical (unpaired) electrons. The molecule has 0 fully saturated rings. The number of thiazole rings is 1. The van der Waals surface area contributed by atoms with Gasteiger partial charge in [0.05, 0.1) is 13.3 Å². The number of esters is 1. The van der Waals surface area contributed by atoms with E-state index in [1.54, 1.807) is 24.3 Å². The fourth-order valence-electron chi connectivity index (χ4n) is 1.37. The summed E-state index contributed by atoms with van der Waals surface area (Å²) in [6, 6.07) is 6.64. The third kappa shape index (κ3) is 3.08. The van der Waals surface area contributed by atoms with Crippen molar-refractivity contribution in [3.05, 3.63) is 40.9 Å². The zero-order valence-corrected chi connectivity index (χ0v) is 10.9. The minimum absolute atomic E-state index is 0.416. The zero-order chi connectivity index (χ0) is 13.8. The summed E-state index contributed by atoms with van der Waals surface area (Å²) in [5, 5.41) is 3.58. The summed E-state index contributed by atoms with van der Waals surface area (Å²) in [6.45, 7) is 0. The molecule has 0 spiro atoms. The van der Waals surface area contributed by atoms with E-state index in [9.17, 15) is 9.59 Å². The van der Waals surface area contributed by atoms with Gasteiger partial charge in [-0.1, -0.05) is 11.3 Å². The average molecular weight is 277 g/mol. The number of amides is 1. The number of carbonyl (C=O) groups is 2. The van der Waals surface area contributed by atoms with Gasteiger partial charge in [-0.2, -0.15) is 0 Å². The van der Waals surface area contributed by atoms with Crippen molar-refractivity contribution in [1.82, 2.24) is 4.98 Å². The van der Waals surface area contributed by atoms with E-state index >= 15 is 0 Å². The van der Waals surface area contributed by atoms with E-state index in [1.807, 2.05) is 0 Å². The SMILES string of the molecule is COC(=O)c1cnc(Nc2ccc(C(N)=O)cc2)s1. The van der Waals surface area contributed by atoms with Crippen LogP contribution in [-0.4, -0.2) is 24.0 Å². The lowest BCUT2D eigenvalue weighted by Crippen LogP contribution is -2.10. The Labute approximate surface area is 113 Å². The lowest BCUT2D eigenvalue weighted by Gasteiger charge is -2.02. The number of nitrogens with two attached hydrogens (primary N) is 1. The molecular formula is C12H11N3O3S. The summed E-state index contributed by atoms with van der Waals surface area (Å²) in [5.41, 5.74) is 6.32. The molecule has 0 aliphatic rings. The lowest BCUT2D eigenvalue weighted by molar-refractivity contribution is 0.0606. The molecule has 0 saturated carbocycles. The predicted molar refractivity (Wildman–Crippen MR) is 71.7 cm³/mol. The number of anilines is 2. The molecule has 0 unspecified atom stereocenters. The Balaban J connectivity index is 2.10. The molecule has 0 aliphatic heterocycles. The van der Waals surface area contributed by atoms with Gasteiger partial charge >= 0.3 is 5.97 Å². The van der Waals surface area contributed by atoms with Gasteiger partial charge in [-0.25, -0.2) is 9.78 Å². The summed E-state index contributed by atoms with van der Waals surface area (Å²) in [7, 11) is 1.32. The average Bonchev–Trinajstić information content (AvgIpc) is 2.87. The van der Waals surface area contributed by atoms with E-state index in [0.29, 0.717) is 15.6 Å². The third-order valence-corrected chi connectivity index (χ3v) is 3.21. The smallest absolute Gasteiger partial charge is 0.349 e. The number of carbonyl (C=O) groups excluding carboxylic acids is 2. The van der Waals surface area contributed by atoms with Crippen LogP contribution < -0.4 is 11.1 Å². The van der Waals surface area contributed by atoms with Crippen molar-refractivity contribution in [2.75, 3.05) is 12.4 Å². The van der Waals surface area contributed by atoms with Gasteiger partial charge in [0, 0.05) is 11.3 Å². The molecule has 0 saturated heterocycles. The second kappa shape index (κ2) is 5.49. The van der Waals surface area contributed by atoms with Crippen LogP contribution in [0, 0.1) is 0 Å². The van der Waals surface area contributed by atoms with Gasteiger partial charge in [0.25, 0.3) is 0 Å². The van der Waals surface area contributed by atoms with Gasteiger partial charge in [0.1, 0.15) is 4.88 Å². The molecule has 2 aromatic rings. The van der Waals surface area contributed by atoms with Gasteiger partial charge in [0.2, 0.25) is 5.91 Å². The van der Waals surface area contributed by atoms with Crippen molar-refractivity contribution >= 4 is 34.0 Å². The first-order chi connectivity index (χ1) is 9.10. The number of primary amides is 1. The van der Waals surface area contributed by atoms with E-state index in [1.165, 1.54) is 24.6 Å². The normalized spacial score (nSPS) is 9.95. The molecular weight excluding hydrogens is 266 g/mol. The first kappa shape index (κ1) is 13.0. The summed E-state index contributed by atoms with van der Waals surface area (Å²) >= 11 is 1.18. The Kier molecular flexibility index (Phi) is 3.76. The number of methoxy groups -OCH3 is 1. The first-order valence-corrected chi connectivity index (χ1v) is 6.13. The van der Waals surface area contributed by atoms with E-state index in [4.69, 9.17) is 5.73 Å². The molecule has 98 valence electrons. The molecule has 2 rings (SSSR count). The second-order valence-electron chi connectivity index (χ2n) is 3.59. The number of hydrogen-bond donors (Lipinski definition) is 2. The number of hydrogen-bond acceptors (Lipinski definition) is 6. The number of nitrogens with zero attached hydrogens (tertiary/aromatic N) is 1. The Bertz CT molecular complexity index is 607. The number of ether oxygens (including phenoxy) is 1. The number of aromatic nitrogens is 1. The van der Waals surface area contributed by atoms with Crippen LogP contribution in [0.25, 0.3) is 0 Å². The maximum Gasteiger partial charge on any atom is 0.349 e. The van der Waals surface area contributed by atoms with Gasteiger partial charge < -0.3 is 15.8 Å². The van der Waals surface area contributed by atoms with Crippen molar-refractivity contribution in [3.8, 4) is 0 Å². The molecule has 0 aliphatic carbocycles. The highest BCUT2D eigenvalue weighted by molar-refractivity contribution is 7.17. The van der Waals surface area contributed by atoms with Crippen LogP contribution in [0.1, 0.15) is 20.0 Å². The topological polar surface area (TPSA) is 94.3 Å². The van der Waals surface area contributed by atoms with Crippen LogP contribution in [0.15, 0.2) is 30.5 Å². The quantitative estimate of drug-likeness (QED) is 0.830. The van der Waals surface area contributed by atoms with E-state index < -0.39 is 11.9 Å². The van der Waals surface area contributed by atoms with Gasteiger partial charge in [-0.3, -0.25) is 4.79 Å². The van der Waals surface area contributed by atoms with Gasteiger partial charge in [-0.05, 0) is 24.3 Å². The molecule has 1 aromatic heterocycles. The first-order valence-electron chi connectivity index (χ1n) is 5.31. The minimum Gasteiger partial charge on any atom is -0.465 e. The van der Waals surface area contributed by atoms with Gasteiger partial charge in [-0.15, -0.1) is 0 Å². The molecule has 3 N–H and O–H groups in total. The molecule has 1 aromatic carbocycles. The van der Waals surface area contributed by atoms with Crippen LogP contribution in [0.3, 0.4) is 0 Å². The summed E-state index contributed by atoms with van der Waals surface area (Å²) in [4.78, 5) is 26.7. The highest BCUT2D eigenvalue weighted by Crippen LogP contribution is 2.23. The van der Waals surface area contributed by atoms with Gasteiger partial charge in [0.15, 0.2) is 5.13 Å². The predicted octanol–water partition coefficient (Wildman–Crippen LogP) is 1.77. The summed E-state index contributed by atoms with van der Waals surface area (Å²) in [6.07, 6.45) is 1.44. The van der Waals surface area contributed by atoms with E-state index in [-0.39, 0.29) is 0 Å². The van der Waals surface area contributed by atoms with Crippen molar-refractivity contribution < 1.29 is 14.3 Å². The third-order valence-electron chi connectivity index (χ3n) is 2.31. The molecule has 7 heteroatoms. The Hall–Kier alpha value is -2.41. The number of nitrogens with one attached hydrogen (secondary N) is 1. The summed E-state index contributed by atoms with van der Waals surface area (Å²) in [5.74, 6) is -0.900. The molecule has 0 atom stereocenters. The van der Waals surface area contributed by atoms with Crippen LogP contribution >= 0.6 is 11.3 Å². The van der Waals surface area contributed by atoms with Crippen LogP contribution in [0.4, 0.5) is 10.8 Å². The maximum absolute atomic E-state index is 11.3. The largest absolute Gasteiger partial charge is 0.465 e. The number of rotatable bonds is 4. The highest BCUT2D eigenvalue weighted by Gasteiger charge is 2.10. The molecule has 19 heavy (non-hydrogen) atoms. The Morgan fingerprint density at radius 3 is 2.58 bits per heavy atom. The lowest BCUT2D eigenvalue weighted by atomic mass is 10.2. The van der Waals surface area contributed by atoms with E-state index in [0.717, 1.165) is 5.69 Å². The van der Waals surface area contributed by atoms with Crippen molar-refractivity contribution in [3.63, 3.8) is 0 Å². The number of benzene rings is 1. The monoisotopic (exact) mass is 277 g/mol. The van der Waals surface area contributed by atoms with Crippen LogP contribution in [0.5, 0.6) is 0 Å². The molecule has 6 nitrogen and oxygen atoms in total. The second-order valence-corrected chi connectivity index (χ2v) is 4.62. The Morgan fingerprint density at radius 1 is 1.32 bits per heavy atom. The van der Waals surface area contributed by atoms with Crippen LogP contribution in [-0.2, 0) is 4.74 Å². The van der Waals surface area contributed by atoms with Crippen LogP contribution in [0.2, 0.25) is 0 Å². The zero-order valence-electron chi connectivity index (χ0n) is 10.0. The van der Waals surface area contributed by atoms with Crippen molar-refractivity contribution in [2.24, 2.45) is 5.73 Å². The fraction of sp³-hybridized carbons (Fsp3) is 0.0833. The van der Waals surface area contributed by atoms with E-state index in [2.05, 4.69) is 15.0 Å². The molecule has 0 bridgehead atoms. The minimum atomic E-state index is -0.478. The molecule has 1 amide bonds. The van der Waals surface area contributed by atoms with Crippen molar-refractivity contribution in [1.29, 1.82) is 0 Å². The fourth-order valence-corrected chi connectivity index (χ4v) is 2.12. The van der Waals surface area contributed by atoms with Crippen molar-refractivity contribution in [2.45, 2.75) is 0 Å². The Morgan fingerprint density at radius 2 is 2.00 bits per heavy atom. The molecule has 1 heterocycles. The standard InChI is InChI=1S/C12H11N3O3S/c1-18-11(17)9-6-14-12(19-9)15-8-4-2-7(3-5-8)10(13)16/h2-6H,1H3,(H2,13,16)(H,14,15). The maximum atomic E-state index is 11.3. The summed E-state index contributed by atoms with van der Waals surface area (Å²) < 4.78 is 4.59. The highest BCUT2D eigenvalue weighted by atomic mass is 32.1.